The maximum absolute atomic E-state index is 12.8. The molecule has 0 bridgehead atoms. The van der Waals surface area contributed by atoms with Crippen LogP contribution in [0.15, 0.2) is 23.8 Å². The Hall–Kier alpha value is -2.46. The van der Waals surface area contributed by atoms with Gasteiger partial charge in [-0.15, -0.1) is 22.7 Å². The predicted molar refractivity (Wildman–Crippen MR) is 94.1 cm³/mol. The molecule has 3 aromatic heterocycles. The van der Waals surface area contributed by atoms with Gasteiger partial charge < -0.3 is 5.32 Å². The van der Waals surface area contributed by atoms with E-state index in [9.17, 15) is 13.6 Å². The van der Waals surface area contributed by atoms with Crippen molar-refractivity contribution in [2.45, 2.75) is 20.3 Å². The maximum Gasteiger partial charge on any atom is 0.279 e. The Kier molecular flexibility index (Phi) is 5.00. The lowest BCUT2D eigenvalue weighted by molar-refractivity contribution is 0.102. The number of aromatic nitrogens is 3. The second-order valence-electron chi connectivity index (χ2n) is 5.09. The Balaban J connectivity index is 1.83. The molecule has 1 amide bonds. The summed E-state index contributed by atoms with van der Waals surface area (Å²) in [6.45, 7) is 3.59. The number of hydrogen-bond acceptors (Lipinski definition) is 7. The standard InChI is InChI=1S/C15H13F2N5OS2/c1-7-6-24-15(19-7)22-13(23)11-14(25-8(2)20-11)21-10-3-9(12(16)17)4-18-5-10/h3-6,12,21H,1-2H3,(H,19,22,23). The molecule has 0 spiro atoms. The maximum atomic E-state index is 12.8. The zero-order chi connectivity index (χ0) is 18.0. The summed E-state index contributed by atoms with van der Waals surface area (Å²) in [6.07, 6.45) is -0.104. The number of carbonyl (C=O) groups excluding carboxylic acids is 1. The third kappa shape index (κ3) is 4.15. The molecule has 0 aliphatic heterocycles. The summed E-state index contributed by atoms with van der Waals surface area (Å²) in [6, 6.07) is 1.29. The second kappa shape index (κ2) is 7.19. The number of amides is 1. The molecular weight excluding hydrogens is 368 g/mol. The van der Waals surface area contributed by atoms with Gasteiger partial charge in [0.2, 0.25) is 0 Å². The molecule has 130 valence electrons. The van der Waals surface area contributed by atoms with Crippen LogP contribution in [0.3, 0.4) is 0 Å². The van der Waals surface area contributed by atoms with Crippen molar-refractivity contribution < 1.29 is 13.6 Å². The normalized spacial score (nSPS) is 10.9. The first-order valence-corrected chi connectivity index (χ1v) is 8.83. The van der Waals surface area contributed by atoms with Gasteiger partial charge in [-0.2, -0.15) is 0 Å². The van der Waals surface area contributed by atoms with Crippen molar-refractivity contribution >= 4 is 44.4 Å². The van der Waals surface area contributed by atoms with E-state index in [1.54, 1.807) is 6.92 Å². The lowest BCUT2D eigenvalue weighted by atomic mass is 10.2. The lowest BCUT2D eigenvalue weighted by Gasteiger charge is -2.07. The van der Waals surface area contributed by atoms with E-state index in [4.69, 9.17) is 0 Å². The van der Waals surface area contributed by atoms with Gasteiger partial charge in [0, 0.05) is 17.1 Å². The molecule has 0 atom stereocenters. The quantitative estimate of drug-likeness (QED) is 0.678. The number of nitrogens with one attached hydrogen (secondary N) is 2. The van der Waals surface area contributed by atoms with E-state index in [0.717, 1.165) is 11.9 Å². The van der Waals surface area contributed by atoms with Gasteiger partial charge in [0.05, 0.1) is 22.6 Å². The fourth-order valence-corrected chi connectivity index (χ4v) is 3.53. The predicted octanol–water partition coefficient (Wildman–Crippen LogP) is 4.54. The lowest BCUT2D eigenvalue weighted by Crippen LogP contribution is -2.14. The molecule has 0 aromatic carbocycles. The fraction of sp³-hybridized carbons (Fsp3) is 0.200. The van der Waals surface area contributed by atoms with E-state index in [0.29, 0.717) is 20.8 Å². The van der Waals surface area contributed by atoms with E-state index in [1.807, 2.05) is 12.3 Å². The van der Waals surface area contributed by atoms with Crippen LogP contribution >= 0.6 is 22.7 Å². The summed E-state index contributed by atoms with van der Waals surface area (Å²) >= 11 is 2.57. The van der Waals surface area contributed by atoms with Gasteiger partial charge in [-0.3, -0.25) is 15.1 Å². The van der Waals surface area contributed by atoms with Gasteiger partial charge in [0.1, 0.15) is 5.00 Å². The average molecular weight is 381 g/mol. The summed E-state index contributed by atoms with van der Waals surface area (Å²) in [4.78, 5) is 24.6. The number of pyridine rings is 1. The highest BCUT2D eigenvalue weighted by Gasteiger charge is 2.19. The Morgan fingerprint density at radius 2 is 2.04 bits per heavy atom. The number of halogens is 2. The highest BCUT2D eigenvalue weighted by molar-refractivity contribution is 7.16. The molecule has 3 heterocycles. The highest BCUT2D eigenvalue weighted by Crippen LogP contribution is 2.30. The molecule has 0 saturated heterocycles. The number of thiazole rings is 2. The highest BCUT2D eigenvalue weighted by atomic mass is 32.1. The first-order chi connectivity index (χ1) is 11.9. The van der Waals surface area contributed by atoms with Gasteiger partial charge in [0.15, 0.2) is 10.8 Å². The fourth-order valence-electron chi connectivity index (χ4n) is 2.01. The second-order valence-corrected chi connectivity index (χ2v) is 7.15. The van der Waals surface area contributed by atoms with Crippen LogP contribution in [0.1, 0.15) is 33.2 Å². The van der Waals surface area contributed by atoms with Crippen LogP contribution in [0.4, 0.5) is 24.6 Å². The van der Waals surface area contributed by atoms with Crippen molar-refractivity contribution in [2.75, 3.05) is 10.6 Å². The smallest absolute Gasteiger partial charge is 0.279 e. The number of hydrogen-bond donors (Lipinski definition) is 2. The molecule has 25 heavy (non-hydrogen) atoms. The molecule has 2 N–H and O–H groups in total. The third-order valence-electron chi connectivity index (χ3n) is 3.06. The van der Waals surface area contributed by atoms with E-state index in [-0.39, 0.29) is 11.3 Å². The van der Waals surface area contributed by atoms with Gasteiger partial charge in [-0.25, -0.2) is 18.7 Å². The van der Waals surface area contributed by atoms with Crippen molar-refractivity contribution in [2.24, 2.45) is 0 Å². The average Bonchev–Trinajstić information content (AvgIpc) is 3.13. The van der Waals surface area contributed by atoms with Crippen molar-refractivity contribution in [1.29, 1.82) is 0 Å². The van der Waals surface area contributed by atoms with Crippen LogP contribution in [-0.4, -0.2) is 20.9 Å². The Bertz CT molecular complexity index is 909. The number of carbonyl (C=O) groups is 1. The molecule has 0 unspecified atom stereocenters. The molecule has 3 aromatic rings. The summed E-state index contributed by atoms with van der Waals surface area (Å²) in [5.74, 6) is -0.417. The zero-order valence-corrected chi connectivity index (χ0v) is 14.8. The number of rotatable bonds is 5. The summed E-state index contributed by atoms with van der Waals surface area (Å²) in [5, 5.41) is 9.05. The largest absolute Gasteiger partial charge is 0.344 e. The van der Waals surface area contributed by atoms with Gasteiger partial charge in [-0.05, 0) is 19.9 Å². The molecule has 0 aliphatic carbocycles. The molecule has 10 heteroatoms. The minimum Gasteiger partial charge on any atom is -0.344 e. The summed E-state index contributed by atoms with van der Waals surface area (Å²) in [5.41, 5.74) is 1.15. The van der Waals surface area contributed by atoms with Crippen molar-refractivity contribution in [3.63, 3.8) is 0 Å². The van der Waals surface area contributed by atoms with Crippen LogP contribution in [0, 0.1) is 13.8 Å². The topological polar surface area (TPSA) is 79.8 Å². The first-order valence-electron chi connectivity index (χ1n) is 7.13. The monoisotopic (exact) mass is 381 g/mol. The zero-order valence-electron chi connectivity index (χ0n) is 13.2. The van der Waals surface area contributed by atoms with Crippen LogP contribution in [0.5, 0.6) is 0 Å². The van der Waals surface area contributed by atoms with Crippen LogP contribution in [0.25, 0.3) is 0 Å². The molecular formula is C15H13F2N5OS2. The van der Waals surface area contributed by atoms with E-state index in [1.165, 1.54) is 34.9 Å². The molecule has 0 saturated carbocycles. The summed E-state index contributed by atoms with van der Waals surface area (Å²) in [7, 11) is 0. The molecule has 0 aliphatic rings. The molecule has 0 radical (unpaired) electrons. The number of aryl methyl sites for hydroxylation is 2. The Labute approximate surface area is 150 Å². The van der Waals surface area contributed by atoms with Crippen molar-refractivity contribution in [3.8, 4) is 0 Å². The van der Waals surface area contributed by atoms with Gasteiger partial charge >= 0.3 is 0 Å². The van der Waals surface area contributed by atoms with E-state index in [2.05, 4.69) is 25.6 Å². The minimum absolute atomic E-state index is 0.179. The molecule has 3 rings (SSSR count). The van der Waals surface area contributed by atoms with Gasteiger partial charge in [0.25, 0.3) is 12.3 Å². The molecule has 0 fully saturated rings. The minimum atomic E-state index is -2.62. The van der Waals surface area contributed by atoms with Crippen LogP contribution in [0.2, 0.25) is 0 Å². The van der Waals surface area contributed by atoms with Crippen molar-refractivity contribution in [3.05, 3.63) is 45.8 Å². The van der Waals surface area contributed by atoms with Gasteiger partial charge in [-0.1, -0.05) is 0 Å². The third-order valence-corrected chi connectivity index (χ3v) is 4.82. The first kappa shape index (κ1) is 17.4. The van der Waals surface area contributed by atoms with E-state index >= 15 is 0 Å². The Morgan fingerprint density at radius 1 is 1.24 bits per heavy atom. The number of alkyl halides is 2. The Morgan fingerprint density at radius 3 is 2.72 bits per heavy atom. The summed E-state index contributed by atoms with van der Waals surface area (Å²) < 4.78 is 25.6. The number of nitrogens with zero attached hydrogens (tertiary/aromatic N) is 3. The van der Waals surface area contributed by atoms with Crippen LogP contribution in [-0.2, 0) is 0 Å². The van der Waals surface area contributed by atoms with E-state index < -0.39 is 12.3 Å². The molecule has 6 nitrogen and oxygen atoms in total. The number of anilines is 3. The SMILES string of the molecule is Cc1csc(NC(=O)c2nc(C)sc2Nc2cncc(C(F)F)c2)n1. The van der Waals surface area contributed by atoms with Crippen LogP contribution < -0.4 is 10.6 Å². The van der Waals surface area contributed by atoms with Crippen molar-refractivity contribution in [1.82, 2.24) is 15.0 Å².